The molecule has 0 bridgehead atoms. The zero-order chi connectivity index (χ0) is 20.6. The van der Waals surface area contributed by atoms with Crippen molar-refractivity contribution in [3.8, 4) is 5.75 Å². The van der Waals surface area contributed by atoms with E-state index in [-0.39, 0.29) is 24.0 Å². The van der Waals surface area contributed by atoms with Crippen LogP contribution in [0.5, 0.6) is 5.75 Å². The first-order valence-corrected chi connectivity index (χ1v) is 10.2. The van der Waals surface area contributed by atoms with Gasteiger partial charge in [0.1, 0.15) is 5.75 Å². The lowest BCUT2D eigenvalue weighted by Crippen LogP contribution is -2.52. The van der Waals surface area contributed by atoms with Gasteiger partial charge < -0.3 is 24.8 Å². The Kier molecular flexibility index (Phi) is 9.71. The average molecular weight is 523 g/mol. The largest absolute Gasteiger partial charge is 0.497 e. The van der Waals surface area contributed by atoms with Crippen molar-refractivity contribution in [2.75, 3.05) is 59.3 Å². The van der Waals surface area contributed by atoms with Crippen LogP contribution in [0.15, 0.2) is 53.5 Å². The van der Waals surface area contributed by atoms with Crippen LogP contribution in [0.2, 0.25) is 0 Å². The van der Waals surface area contributed by atoms with E-state index in [9.17, 15) is 0 Å². The van der Waals surface area contributed by atoms with E-state index in [0.717, 1.165) is 51.0 Å². The summed E-state index contributed by atoms with van der Waals surface area (Å²) >= 11 is 0. The molecule has 1 aliphatic heterocycles. The van der Waals surface area contributed by atoms with Crippen molar-refractivity contribution >= 4 is 35.6 Å². The van der Waals surface area contributed by atoms with Gasteiger partial charge in [-0.25, -0.2) is 0 Å². The SMILES string of the molecule is CN=C(NCc1ccccc1CN(C)C)N1CCN(c2cccc(OC)c2)CC1.I. The molecule has 0 aliphatic carbocycles. The van der Waals surface area contributed by atoms with Crippen LogP contribution in [0.1, 0.15) is 11.1 Å². The quantitative estimate of drug-likeness (QED) is 0.358. The van der Waals surface area contributed by atoms with E-state index in [2.05, 4.69) is 75.5 Å². The van der Waals surface area contributed by atoms with Crippen molar-refractivity contribution in [3.63, 3.8) is 0 Å². The zero-order valence-electron chi connectivity index (χ0n) is 18.5. The lowest BCUT2D eigenvalue weighted by molar-refractivity contribution is 0.371. The Morgan fingerprint density at radius 1 is 1.03 bits per heavy atom. The van der Waals surface area contributed by atoms with Crippen LogP contribution < -0.4 is 15.0 Å². The Bertz CT molecular complexity index is 819. The number of benzene rings is 2. The number of guanidine groups is 1. The van der Waals surface area contributed by atoms with Gasteiger partial charge >= 0.3 is 0 Å². The number of hydrogen-bond acceptors (Lipinski definition) is 4. The molecule has 0 unspecified atom stereocenters. The highest BCUT2D eigenvalue weighted by molar-refractivity contribution is 14.0. The van der Waals surface area contributed by atoms with E-state index in [1.54, 1.807) is 7.11 Å². The Morgan fingerprint density at radius 3 is 2.37 bits per heavy atom. The van der Waals surface area contributed by atoms with Crippen LogP contribution in [0, 0.1) is 0 Å². The first-order chi connectivity index (χ1) is 14.1. The topological polar surface area (TPSA) is 43.3 Å². The Hall–Kier alpha value is -2.00. The highest BCUT2D eigenvalue weighted by Crippen LogP contribution is 2.22. The monoisotopic (exact) mass is 523 g/mol. The minimum absolute atomic E-state index is 0. The number of anilines is 1. The van der Waals surface area contributed by atoms with Crippen molar-refractivity contribution in [1.82, 2.24) is 15.1 Å². The molecule has 1 saturated heterocycles. The summed E-state index contributed by atoms with van der Waals surface area (Å²) in [6.45, 7) is 5.53. The molecule has 1 aliphatic rings. The molecule has 1 N–H and O–H groups in total. The number of methoxy groups -OCH3 is 1. The van der Waals surface area contributed by atoms with Gasteiger partial charge in [-0.1, -0.05) is 30.3 Å². The predicted molar refractivity (Wildman–Crippen MR) is 136 cm³/mol. The molecule has 1 fully saturated rings. The van der Waals surface area contributed by atoms with Crippen LogP contribution in [-0.2, 0) is 13.1 Å². The van der Waals surface area contributed by atoms with Crippen molar-refractivity contribution in [2.45, 2.75) is 13.1 Å². The second-order valence-electron chi connectivity index (χ2n) is 7.58. The van der Waals surface area contributed by atoms with Gasteiger partial charge in [0.05, 0.1) is 7.11 Å². The predicted octanol–water partition coefficient (Wildman–Crippen LogP) is 3.27. The van der Waals surface area contributed by atoms with Gasteiger partial charge in [0.25, 0.3) is 0 Å². The maximum atomic E-state index is 5.36. The summed E-state index contributed by atoms with van der Waals surface area (Å²) in [5.74, 6) is 1.87. The molecule has 164 valence electrons. The summed E-state index contributed by atoms with van der Waals surface area (Å²) in [4.78, 5) is 11.5. The number of hydrogen-bond donors (Lipinski definition) is 1. The number of aliphatic imine (C=N–C) groups is 1. The second kappa shape index (κ2) is 12.0. The standard InChI is InChI=1S/C23H33N5O.HI/c1-24-23(25-17-19-8-5-6-9-20(19)18-26(2)3)28-14-12-27(13-15-28)21-10-7-11-22(16-21)29-4;/h5-11,16H,12-15,17-18H2,1-4H3,(H,24,25);1H. The first kappa shape index (κ1) is 24.3. The number of ether oxygens (including phenoxy) is 1. The first-order valence-electron chi connectivity index (χ1n) is 10.2. The van der Waals surface area contributed by atoms with Crippen LogP contribution in [0.3, 0.4) is 0 Å². The number of rotatable bonds is 6. The molecule has 0 aromatic heterocycles. The molecule has 0 amide bonds. The summed E-state index contributed by atoms with van der Waals surface area (Å²) in [5.41, 5.74) is 3.88. The highest BCUT2D eigenvalue weighted by Gasteiger charge is 2.20. The van der Waals surface area contributed by atoms with Gasteiger partial charge in [-0.3, -0.25) is 4.99 Å². The maximum absolute atomic E-state index is 5.36. The maximum Gasteiger partial charge on any atom is 0.194 e. The summed E-state index contributed by atoms with van der Waals surface area (Å²) in [5, 5.41) is 3.56. The van der Waals surface area contributed by atoms with E-state index in [0.29, 0.717) is 0 Å². The van der Waals surface area contributed by atoms with Crippen molar-refractivity contribution in [3.05, 3.63) is 59.7 Å². The van der Waals surface area contributed by atoms with Gasteiger partial charge in [-0.05, 0) is 37.4 Å². The van der Waals surface area contributed by atoms with Crippen molar-refractivity contribution in [2.24, 2.45) is 4.99 Å². The van der Waals surface area contributed by atoms with Crippen molar-refractivity contribution in [1.29, 1.82) is 0 Å². The average Bonchev–Trinajstić information content (AvgIpc) is 2.75. The van der Waals surface area contributed by atoms with Crippen molar-refractivity contribution < 1.29 is 4.74 Å². The smallest absolute Gasteiger partial charge is 0.194 e. The van der Waals surface area contributed by atoms with E-state index in [1.807, 2.05) is 19.2 Å². The Balaban J connectivity index is 0.00000320. The molecule has 0 spiro atoms. The molecule has 0 saturated carbocycles. The van der Waals surface area contributed by atoms with Gasteiger partial charge in [0.2, 0.25) is 0 Å². The molecule has 3 rings (SSSR count). The third-order valence-electron chi connectivity index (χ3n) is 5.25. The van der Waals surface area contributed by atoms with Gasteiger partial charge in [0.15, 0.2) is 5.96 Å². The highest BCUT2D eigenvalue weighted by atomic mass is 127. The normalized spacial score (nSPS) is 14.5. The molecule has 7 heteroatoms. The van der Waals surface area contributed by atoms with E-state index < -0.39 is 0 Å². The van der Waals surface area contributed by atoms with Crippen LogP contribution in [0.4, 0.5) is 5.69 Å². The molecule has 0 radical (unpaired) electrons. The molecule has 6 nitrogen and oxygen atoms in total. The molecular formula is C23H34IN5O. The fraction of sp³-hybridized carbons (Fsp3) is 0.435. The number of nitrogens with one attached hydrogen (secondary N) is 1. The lowest BCUT2D eigenvalue weighted by Gasteiger charge is -2.37. The van der Waals surface area contributed by atoms with E-state index in [4.69, 9.17) is 4.74 Å². The molecule has 30 heavy (non-hydrogen) atoms. The van der Waals surface area contributed by atoms with Gasteiger partial charge in [0, 0.05) is 58.1 Å². The minimum atomic E-state index is 0. The third-order valence-corrected chi connectivity index (χ3v) is 5.25. The Labute approximate surface area is 197 Å². The number of piperazine rings is 1. The Morgan fingerprint density at radius 2 is 1.73 bits per heavy atom. The summed E-state index contributed by atoms with van der Waals surface area (Å²) in [6, 6.07) is 16.9. The third kappa shape index (κ3) is 6.50. The number of halogens is 1. The molecule has 1 heterocycles. The molecule has 2 aromatic rings. The second-order valence-corrected chi connectivity index (χ2v) is 7.58. The van der Waals surface area contributed by atoms with Gasteiger partial charge in [-0.2, -0.15) is 0 Å². The van der Waals surface area contributed by atoms with E-state index in [1.165, 1.54) is 16.8 Å². The summed E-state index contributed by atoms with van der Waals surface area (Å²) in [6.07, 6.45) is 0. The lowest BCUT2D eigenvalue weighted by atomic mass is 10.1. The molecular weight excluding hydrogens is 489 g/mol. The fourth-order valence-corrected chi connectivity index (χ4v) is 3.72. The summed E-state index contributed by atoms with van der Waals surface area (Å²) < 4.78 is 5.36. The number of nitrogens with zero attached hydrogens (tertiary/aromatic N) is 4. The van der Waals surface area contributed by atoms with E-state index >= 15 is 0 Å². The van der Waals surface area contributed by atoms with Crippen LogP contribution >= 0.6 is 24.0 Å². The summed E-state index contributed by atoms with van der Waals surface area (Å²) in [7, 11) is 7.78. The van der Waals surface area contributed by atoms with Gasteiger partial charge in [-0.15, -0.1) is 24.0 Å². The van der Waals surface area contributed by atoms with Crippen LogP contribution in [-0.4, -0.2) is 70.2 Å². The fourth-order valence-electron chi connectivity index (χ4n) is 3.72. The van der Waals surface area contributed by atoms with Crippen LogP contribution in [0.25, 0.3) is 0 Å². The zero-order valence-corrected chi connectivity index (χ0v) is 20.8. The molecule has 2 aromatic carbocycles. The molecule has 0 atom stereocenters. The minimum Gasteiger partial charge on any atom is -0.497 e.